The molecule has 1 aromatic rings. The number of nitrogens with zero attached hydrogens (tertiary/aromatic N) is 4. The van der Waals surface area contributed by atoms with E-state index in [1.165, 1.54) is 0 Å². The first-order valence-corrected chi connectivity index (χ1v) is 5.92. The number of aliphatic carboxylic acids is 1. The summed E-state index contributed by atoms with van der Waals surface area (Å²) in [4.78, 5) is 13.5. The van der Waals surface area contributed by atoms with Crippen molar-refractivity contribution in [2.24, 2.45) is 7.05 Å². The van der Waals surface area contributed by atoms with E-state index in [2.05, 4.69) is 10.3 Å². The van der Waals surface area contributed by atoms with Gasteiger partial charge in [-0.05, 0) is 25.8 Å². The van der Waals surface area contributed by atoms with Crippen LogP contribution in [0.1, 0.15) is 31.9 Å². The highest BCUT2D eigenvalue weighted by molar-refractivity contribution is 5.79. The lowest BCUT2D eigenvalue weighted by molar-refractivity contribution is -0.150. The molecule has 2 rings (SSSR count). The summed E-state index contributed by atoms with van der Waals surface area (Å²) in [5.41, 5.74) is 0.116. The average molecular weight is 238 g/mol. The van der Waals surface area contributed by atoms with E-state index < -0.39 is 11.5 Å². The summed E-state index contributed by atoms with van der Waals surface area (Å²) in [6.07, 6.45) is 4.11. The molecule has 0 amide bonds. The highest BCUT2D eigenvalue weighted by Crippen LogP contribution is 2.33. The van der Waals surface area contributed by atoms with E-state index in [0.717, 1.165) is 25.1 Å². The molecule has 0 saturated carbocycles. The molecule has 6 heteroatoms. The molecule has 94 valence electrons. The predicted molar refractivity (Wildman–Crippen MR) is 61.3 cm³/mol. The van der Waals surface area contributed by atoms with Gasteiger partial charge in [-0.2, -0.15) is 0 Å². The van der Waals surface area contributed by atoms with Crippen molar-refractivity contribution in [2.45, 2.75) is 38.3 Å². The van der Waals surface area contributed by atoms with Crippen LogP contribution in [0.2, 0.25) is 0 Å². The highest BCUT2D eigenvalue weighted by atomic mass is 16.4. The maximum atomic E-state index is 11.5. The van der Waals surface area contributed by atoms with Crippen LogP contribution in [0.5, 0.6) is 0 Å². The first-order valence-electron chi connectivity index (χ1n) is 5.92. The topological polar surface area (TPSA) is 71.2 Å². The van der Waals surface area contributed by atoms with Crippen molar-refractivity contribution in [1.29, 1.82) is 0 Å². The average Bonchev–Trinajstić information content (AvgIpc) is 2.86. The summed E-state index contributed by atoms with van der Waals surface area (Å²) in [6, 6.07) is 0. The lowest BCUT2D eigenvalue weighted by atomic mass is 9.93. The van der Waals surface area contributed by atoms with Gasteiger partial charge in [0.05, 0.1) is 5.69 Å². The normalized spacial score (nSPS) is 25.3. The van der Waals surface area contributed by atoms with Gasteiger partial charge in [-0.1, -0.05) is 12.1 Å². The fraction of sp³-hybridized carbons (Fsp3) is 0.727. The number of aryl methyl sites for hydroxylation is 1. The number of rotatable bonds is 4. The van der Waals surface area contributed by atoms with Gasteiger partial charge in [0.15, 0.2) is 0 Å². The number of hydrogen-bond donors (Lipinski definition) is 1. The summed E-state index contributed by atoms with van der Waals surface area (Å²) in [5, 5.41) is 17.3. The van der Waals surface area contributed by atoms with Gasteiger partial charge in [0, 0.05) is 19.8 Å². The minimum absolute atomic E-state index is 0.563. The van der Waals surface area contributed by atoms with Crippen molar-refractivity contribution in [3.8, 4) is 0 Å². The summed E-state index contributed by atoms with van der Waals surface area (Å²) >= 11 is 0. The molecular weight excluding hydrogens is 220 g/mol. The Hall–Kier alpha value is -1.43. The summed E-state index contributed by atoms with van der Waals surface area (Å²) in [6.45, 7) is 3.31. The maximum absolute atomic E-state index is 11.5. The van der Waals surface area contributed by atoms with E-state index in [-0.39, 0.29) is 0 Å². The molecule has 1 N–H and O–H groups in total. The van der Waals surface area contributed by atoms with Crippen LogP contribution >= 0.6 is 0 Å². The zero-order valence-corrected chi connectivity index (χ0v) is 10.3. The summed E-state index contributed by atoms with van der Waals surface area (Å²) < 4.78 is 1.64. The summed E-state index contributed by atoms with van der Waals surface area (Å²) in [5.74, 6) is -0.721. The van der Waals surface area contributed by atoms with Crippen LogP contribution < -0.4 is 0 Å². The second kappa shape index (κ2) is 4.44. The van der Waals surface area contributed by atoms with Gasteiger partial charge in [0.1, 0.15) is 5.54 Å². The molecular formula is C11H18N4O2. The number of carboxylic acids is 1. The van der Waals surface area contributed by atoms with E-state index in [1.54, 1.807) is 4.68 Å². The van der Waals surface area contributed by atoms with Gasteiger partial charge in [-0.25, -0.2) is 0 Å². The largest absolute Gasteiger partial charge is 0.480 e. The van der Waals surface area contributed by atoms with Gasteiger partial charge < -0.3 is 5.11 Å². The van der Waals surface area contributed by atoms with Crippen LogP contribution in [0, 0.1) is 0 Å². The van der Waals surface area contributed by atoms with Crippen LogP contribution in [0.15, 0.2) is 6.20 Å². The van der Waals surface area contributed by atoms with Crippen molar-refractivity contribution in [2.75, 3.05) is 6.54 Å². The minimum Gasteiger partial charge on any atom is -0.480 e. The minimum atomic E-state index is -0.721. The number of likely N-dealkylation sites (tertiary alicyclic amines) is 1. The van der Waals surface area contributed by atoms with E-state index in [4.69, 9.17) is 0 Å². The molecule has 2 heterocycles. The van der Waals surface area contributed by atoms with E-state index >= 15 is 0 Å². The molecule has 1 aliphatic heterocycles. The molecule has 0 aromatic carbocycles. The number of carbonyl (C=O) groups is 1. The Morgan fingerprint density at radius 3 is 2.94 bits per heavy atom. The lowest BCUT2D eigenvalue weighted by Crippen LogP contribution is -2.49. The molecule has 17 heavy (non-hydrogen) atoms. The Bertz CT molecular complexity index is 417. The second-order valence-corrected chi connectivity index (χ2v) is 4.60. The second-order valence-electron chi connectivity index (χ2n) is 4.60. The maximum Gasteiger partial charge on any atom is 0.324 e. The number of aromatic nitrogens is 3. The molecule has 1 atom stereocenters. The van der Waals surface area contributed by atoms with Crippen molar-refractivity contribution in [3.63, 3.8) is 0 Å². The van der Waals surface area contributed by atoms with Crippen molar-refractivity contribution in [3.05, 3.63) is 11.9 Å². The smallest absolute Gasteiger partial charge is 0.324 e. The quantitative estimate of drug-likeness (QED) is 0.833. The third-order valence-electron chi connectivity index (χ3n) is 3.61. The molecule has 0 spiro atoms. The zero-order chi connectivity index (χ0) is 12.5. The predicted octanol–water partition coefficient (Wildman–Crippen LogP) is 0.644. The molecule has 1 unspecified atom stereocenters. The van der Waals surface area contributed by atoms with E-state index in [1.807, 2.05) is 25.1 Å². The molecule has 0 radical (unpaired) electrons. The SMILES string of the molecule is CCC1(C(=O)O)CCCN1Cc1cn(C)nn1. The Morgan fingerprint density at radius 1 is 1.65 bits per heavy atom. The van der Waals surface area contributed by atoms with Crippen LogP contribution in [0.4, 0.5) is 0 Å². The van der Waals surface area contributed by atoms with Crippen molar-refractivity contribution in [1.82, 2.24) is 19.9 Å². The van der Waals surface area contributed by atoms with Gasteiger partial charge in [0.2, 0.25) is 0 Å². The molecule has 1 saturated heterocycles. The fourth-order valence-corrected chi connectivity index (χ4v) is 2.62. The fourth-order valence-electron chi connectivity index (χ4n) is 2.62. The van der Waals surface area contributed by atoms with Crippen LogP contribution in [-0.2, 0) is 18.4 Å². The lowest BCUT2D eigenvalue weighted by Gasteiger charge is -2.33. The van der Waals surface area contributed by atoms with Gasteiger partial charge in [-0.15, -0.1) is 5.10 Å². The third-order valence-corrected chi connectivity index (χ3v) is 3.61. The van der Waals surface area contributed by atoms with E-state index in [0.29, 0.717) is 13.0 Å². The molecule has 1 fully saturated rings. The van der Waals surface area contributed by atoms with Crippen molar-refractivity contribution >= 4 is 5.97 Å². The molecule has 0 aliphatic carbocycles. The first kappa shape index (κ1) is 12.0. The molecule has 1 aliphatic rings. The highest BCUT2D eigenvalue weighted by Gasteiger charge is 2.46. The molecule has 1 aromatic heterocycles. The van der Waals surface area contributed by atoms with E-state index in [9.17, 15) is 9.90 Å². The van der Waals surface area contributed by atoms with Gasteiger partial charge in [-0.3, -0.25) is 14.4 Å². The van der Waals surface area contributed by atoms with Crippen LogP contribution in [0.25, 0.3) is 0 Å². The summed E-state index contributed by atoms with van der Waals surface area (Å²) in [7, 11) is 1.81. The molecule has 0 bridgehead atoms. The first-order chi connectivity index (χ1) is 8.08. The van der Waals surface area contributed by atoms with Crippen molar-refractivity contribution < 1.29 is 9.90 Å². The number of hydrogen-bond acceptors (Lipinski definition) is 4. The number of carboxylic acid groups (broad SMARTS) is 1. The van der Waals surface area contributed by atoms with Crippen LogP contribution in [-0.4, -0.2) is 43.1 Å². The Kier molecular flexibility index (Phi) is 3.15. The van der Waals surface area contributed by atoms with Gasteiger partial charge >= 0.3 is 5.97 Å². The standard InChI is InChI=1S/C11H18N4O2/c1-3-11(10(16)17)5-4-6-15(11)8-9-7-14(2)13-12-9/h7H,3-6,8H2,1-2H3,(H,16,17). The third kappa shape index (κ3) is 2.04. The zero-order valence-electron chi connectivity index (χ0n) is 10.3. The molecule has 6 nitrogen and oxygen atoms in total. The Morgan fingerprint density at radius 2 is 2.41 bits per heavy atom. The monoisotopic (exact) mass is 238 g/mol. The van der Waals surface area contributed by atoms with Crippen LogP contribution in [0.3, 0.4) is 0 Å². The Balaban J connectivity index is 2.17. The Labute approximate surface area is 100 Å². The van der Waals surface area contributed by atoms with Gasteiger partial charge in [0.25, 0.3) is 0 Å².